The molecule has 1 aliphatic rings. The standard InChI is InChI=1S/C31H31N7O2/c32-28(40)23-10-12-25(13-11-23)34-30-27-18-33-38(26-14-16-37(17-15-26)19-21-4-2-1-3-5-21)31(27)36-29(35-30)24-8-6-22(20-39)7-9-24/h1-13,18,26,39H,14-17,19-20H2,(H2,32,40)(H,34,35,36). The van der Waals surface area contributed by atoms with E-state index in [0.717, 1.165) is 60.3 Å². The Hall–Kier alpha value is -4.60. The van der Waals surface area contributed by atoms with E-state index in [-0.39, 0.29) is 12.6 Å². The predicted octanol–water partition coefficient (Wildman–Crippen LogP) is 4.67. The third-order valence-electron chi connectivity index (χ3n) is 7.43. The number of hydrogen-bond donors (Lipinski definition) is 3. The van der Waals surface area contributed by atoms with E-state index < -0.39 is 5.91 Å². The van der Waals surface area contributed by atoms with Crippen LogP contribution in [0.1, 0.15) is 40.4 Å². The molecule has 2 aromatic heterocycles. The molecule has 0 spiro atoms. The highest BCUT2D eigenvalue weighted by Crippen LogP contribution is 2.32. The van der Waals surface area contributed by atoms with Crippen molar-refractivity contribution in [3.05, 3.63) is 102 Å². The van der Waals surface area contributed by atoms with Gasteiger partial charge >= 0.3 is 0 Å². The number of benzene rings is 3. The van der Waals surface area contributed by atoms with Crippen molar-refractivity contribution >= 4 is 28.4 Å². The summed E-state index contributed by atoms with van der Waals surface area (Å²) in [6.45, 7) is 2.90. The van der Waals surface area contributed by atoms with Crippen molar-refractivity contribution in [2.75, 3.05) is 18.4 Å². The monoisotopic (exact) mass is 533 g/mol. The first-order valence-corrected chi connectivity index (χ1v) is 13.5. The number of nitrogens with one attached hydrogen (secondary N) is 1. The summed E-state index contributed by atoms with van der Waals surface area (Å²) in [6.07, 6.45) is 3.78. The number of fused-ring (bicyclic) bond motifs is 1. The molecule has 9 nitrogen and oxygen atoms in total. The molecule has 202 valence electrons. The number of nitrogens with zero attached hydrogens (tertiary/aromatic N) is 5. The first-order valence-electron chi connectivity index (χ1n) is 13.5. The van der Waals surface area contributed by atoms with Gasteiger partial charge in [0.1, 0.15) is 5.82 Å². The van der Waals surface area contributed by atoms with Crippen LogP contribution in [0.5, 0.6) is 0 Å². The van der Waals surface area contributed by atoms with Gasteiger partial charge in [0.2, 0.25) is 5.91 Å². The zero-order chi connectivity index (χ0) is 27.5. The van der Waals surface area contributed by atoms with Crippen molar-refractivity contribution in [2.45, 2.75) is 32.0 Å². The third kappa shape index (κ3) is 5.42. The average Bonchev–Trinajstić information content (AvgIpc) is 3.43. The second kappa shape index (κ2) is 11.3. The minimum atomic E-state index is -0.472. The molecule has 4 N–H and O–H groups in total. The Morgan fingerprint density at radius 3 is 2.33 bits per heavy atom. The number of rotatable bonds is 8. The largest absolute Gasteiger partial charge is 0.392 e. The number of likely N-dealkylation sites (tertiary alicyclic amines) is 1. The van der Waals surface area contributed by atoms with E-state index in [1.54, 1.807) is 24.3 Å². The number of aliphatic hydroxyl groups excluding tert-OH is 1. The molecule has 0 atom stereocenters. The van der Waals surface area contributed by atoms with Crippen LogP contribution in [0, 0.1) is 0 Å². The minimum Gasteiger partial charge on any atom is -0.392 e. The number of anilines is 2. The molecule has 0 saturated carbocycles. The van der Waals surface area contributed by atoms with Gasteiger partial charge in [-0.25, -0.2) is 14.6 Å². The summed E-state index contributed by atoms with van der Waals surface area (Å²) in [4.78, 5) is 23.8. The van der Waals surface area contributed by atoms with Crippen molar-refractivity contribution in [1.82, 2.24) is 24.6 Å². The maximum absolute atomic E-state index is 11.5. The lowest BCUT2D eigenvalue weighted by Gasteiger charge is -2.32. The Bertz CT molecular complexity index is 1610. The van der Waals surface area contributed by atoms with E-state index in [4.69, 9.17) is 20.8 Å². The Kier molecular flexibility index (Phi) is 7.22. The van der Waals surface area contributed by atoms with Crippen LogP contribution in [0.2, 0.25) is 0 Å². The maximum atomic E-state index is 11.5. The molecule has 1 amide bonds. The number of aliphatic hydroxyl groups is 1. The van der Waals surface area contributed by atoms with Gasteiger partial charge in [0.05, 0.1) is 24.2 Å². The van der Waals surface area contributed by atoms with Gasteiger partial charge in [-0.15, -0.1) is 0 Å². The topological polar surface area (TPSA) is 122 Å². The minimum absolute atomic E-state index is 0.0238. The molecule has 5 aromatic rings. The van der Waals surface area contributed by atoms with Crippen LogP contribution in [0.3, 0.4) is 0 Å². The highest BCUT2D eigenvalue weighted by atomic mass is 16.3. The van der Waals surface area contributed by atoms with E-state index in [0.29, 0.717) is 17.2 Å². The van der Waals surface area contributed by atoms with E-state index in [2.05, 4.69) is 40.5 Å². The lowest BCUT2D eigenvalue weighted by Crippen LogP contribution is -2.34. The summed E-state index contributed by atoms with van der Waals surface area (Å²) in [7, 11) is 0. The van der Waals surface area contributed by atoms with E-state index in [1.165, 1.54) is 5.56 Å². The van der Waals surface area contributed by atoms with Gasteiger partial charge in [-0.2, -0.15) is 5.10 Å². The van der Waals surface area contributed by atoms with Gasteiger partial charge in [0, 0.05) is 36.4 Å². The Labute approximate surface area is 232 Å². The molecule has 9 heteroatoms. The molecule has 0 bridgehead atoms. The van der Waals surface area contributed by atoms with Crippen LogP contribution in [0.25, 0.3) is 22.4 Å². The molecule has 1 aliphatic heterocycles. The van der Waals surface area contributed by atoms with Crippen LogP contribution < -0.4 is 11.1 Å². The third-order valence-corrected chi connectivity index (χ3v) is 7.43. The number of piperidine rings is 1. The number of carbonyl (C=O) groups excluding carboxylic acids is 1. The summed E-state index contributed by atoms with van der Waals surface area (Å²) in [5.41, 5.74) is 10.4. The second-order valence-corrected chi connectivity index (χ2v) is 10.1. The number of amides is 1. The number of carbonyl (C=O) groups is 1. The van der Waals surface area contributed by atoms with Gasteiger partial charge in [0.15, 0.2) is 11.5 Å². The van der Waals surface area contributed by atoms with Crippen molar-refractivity contribution in [3.63, 3.8) is 0 Å². The van der Waals surface area contributed by atoms with Crippen LogP contribution in [0.15, 0.2) is 85.1 Å². The molecule has 6 rings (SSSR count). The number of nitrogens with two attached hydrogens (primary N) is 1. The Balaban J connectivity index is 1.31. The zero-order valence-corrected chi connectivity index (χ0v) is 22.1. The second-order valence-electron chi connectivity index (χ2n) is 10.1. The summed E-state index contributed by atoms with van der Waals surface area (Å²) in [5.74, 6) is 0.725. The fourth-order valence-electron chi connectivity index (χ4n) is 5.19. The molecule has 3 heterocycles. The van der Waals surface area contributed by atoms with Gasteiger partial charge in [0.25, 0.3) is 0 Å². The van der Waals surface area contributed by atoms with Crippen LogP contribution in [-0.2, 0) is 13.2 Å². The fourth-order valence-corrected chi connectivity index (χ4v) is 5.19. The summed E-state index contributed by atoms with van der Waals surface area (Å²) < 4.78 is 2.05. The lowest BCUT2D eigenvalue weighted by atomic mass is 10.0. The molecule has 0 radical (unpaired) electrons. The van der Waals surface area contributed by atoms with Crippen molar-refractivity contribution in [1.29, 1.82) is 0 Å². The molecule has 40 heavy (non-hydrogen) atoms. The van der Waals surface area contributed by atoms with E-state index in [9.17, 15) is 9.90 Å². The molecular formula is C31H31N7O2. The van der Waals surface area contributed by atoms with Gasteiger partial charge in [-0.1, -0.05) is 54.6 Å². The first kappa shape index (κ1) is 25.7. The molecule has 3 aromatic carbocycles. The quantitative estimate of drug-likeness (QED) is 0.265. The van der Waals surface area contributed by atoms with Crippen LogP contribution >= 0.6 is 0 Å². The van der Waals surface area contributed by atoms with Crippen LogP contribution in [-0.4, -0.2) is 48.8 Å². The van der Waals surface area contributed by atoms with Crippen molar-refractivity contribution < 1.29 is 9.90 Å². The van der Waals surface area contributed by atoms with Gasteiger partial charge in [-0.3, -0.25) is 9.69 Å². The number of aromatic nitrogens is 4. The normalized spacial score (nSPS) is 14.4. The van der Waals surface area contributed by atoms with Gasteiger partial charge < -0.3 is 16.2 Å². The molecule has 0 aliphatic carbocycles. The molecule has 1 fully saturated rings. The lowest BCUT2D eigenvalue weighted by molar-refractivity contribution is 0.100. The van der Waals surface area contributed by atoms with E-state index >= 15 is 0 Å². The van der Waals surface area contributed by atoms with Crippen molar-refractivity contribution in [2.24, 2.45) is 5.73 Å². The zero-order valence-electron chi connectivity index (χ0n) is 22.1. The Morgan fingerprint density at radius 1 is 0.925 bits per heavy atom. The number of primary amides is 1. The Morgan fingerprint density at radius 2 is 1.65 bits per heavy atom. The summed E-state index contributed by atoms with van der Waals surface area (Å²) >= 11 is 0. The average molecular weight is 534 g/mol. The summed E-state index contributed by atoms with van der Waals surface area (Å²) in [6, 6.07) is 25.4. The number of hydrogen-bond acceptors (Lipinski definition) is 7. The first-order chi connectivity index (χ1) is 19.6. The van der Waals surface area contributed by atoms with E-state index in [1.807, 2.05) is 35.1 Å². The van der Waals surface area contributed by atoms with Crippen LogP contribution in [0.4, 0.5) is 11.5 Å². The molecular weight excluding hydrogens is 502 g/mol. The highest BCUT2D eigenvalue weighted by Gasteiger charge is 2.24. The van der Waals surface area contributed by atoms with Gasteiger partial charge in [-0.05, 0) is 48.2 Å². The predicted molar refractivity (Wildman–Crippen MR) is 155 cm³/mol. The van der Waals surface area contributed by atoms with Crippen molar-refractivity contribution in [3.8, 4) is 11.4 Å². The highest BCUT2D eigenvalue weighted by molar-refractivity contribution is 5.94. The maximum Gasteiger partial charge on any atom is 0.248 e. The molecule has 0 unspecified atom stereocenters. The molecule has 1 saturated heterocycles. The smallest absolute Gasteiger partial charge is 0.248 e. The summed E-state index contributed by atoms with van der Waals surface area (Å²) in [5, 5.41) is 18.5. The SMILES string of the molecule is NC(=O)c1ccc(Nc2nc(-c3ccc(CO)cc3)nc3c2cnn3C2CCN(Cc3ccccc3)CC2)cc1. The fraction of sp³-hybridized carbons (Fsp3) is 0.226.